The number of morpholine rings is 1. The van der Waals surface area contributed by atoms with Gasteiger partial charge in [-0.1, -0.05) is 0 Å². The third-order valence-electron chi connectivity index (χ3n) is 4.54. The lowest BCUT2D eigenvalue weighted by Crippen LogP contribution is -2.48. The zero-order chi connectivity index (χ0) is 22.6. The van der Waals surface area contributed by atoms with Gasteiger partial charge in [-0.3, -0.25) is 14.9 Å². The molecule has 1 fully saturated rings. The molecule has 1 aliphatic heterocycles. The fourth-order valence-corrected chi connectivity index (χ4v) is 5.52. The standard InChI is InChI=1S/C20H25N3O6S2/c1-4-28-18(24)9-16-12-30-20(21-16)22-19(25)15-5-7-17(8-6-15)31(26,27)23-10-13(2)29-14(3)11-23/h5-8,12-14H,4,9-11H2,1-3H3,(H,21,22,25)/t13-,14-/m0/s1. The summed E-state index contributed by atoms with van der Waals surface area (Å²) >= 11 is 1.19. The Hall–Kier alpha value is -2.34. The van der Waals surface area contributed by atoms with Gasteiger partial charge in [0, 0.05) is 24.0 Å². The van der Waals surface area contributed by atoms with Crippen LogP contribution in [0.2, 0.25) is 0 Å². The molecule has 1 aliphatic rings. The third kappa shape index (κ3) is 5.88. The van der Waals surface area contributed by atoms with E-state index >= 15 is 0 Å². The molecule has 168 valence electrons. The Morgan fingerprint density at radius 2 is 1.87 bits per heavy atom. The monoisotopic (exact) mass is 467 g/mol. The predicted molar refractivity (Wildman–Crippen MR) is 116 cm³/mol. The highest BCUT2D eigenvalue weighted by molar-refractivity contribution is 7.89. The van der Waals surface area contributed by atoms with Crippen molar-refractivity contribution in [3.63, 3.8) is 0 Å². The highest BCUT2D eigenvalue weighted by Gasteiger charge is 2.32. The Kier molecular flexibility index (Phi) is 7.42. The molecule has 0 bridgehead atoms. The molecule has 0 radical (unpaired) electrons. The number of carbonyl (C=O) groups excluding carboxylic acids is 2. The van der Waals surface area contributed by atoms with Crippen LogP contribution < -0.4 is 5.32 Å². The van der Waals surface area contributed by atoms with E-state index in [2.05, 4.69) is 10.3 Å². The molecule has 1 amide bonds. The number of amides is 1. The summed E-state index contributed by atoms with van der Waals surface area (Å²) in [4.78, 5) is 28.3. The normalized spacial score (nSPS) is 19.7. The number of anilines is 1. The predicted octanol–water partition coefficient (Wildman–Crippen LogP) is 2.30. The molecule has 0 spiro atoms. The first kappa shape index (κ1) is 23.3. The Morgan fingerprint density at radius 3 is 2.48 bits per heavy atom. The van der Waals surface area contributed by atoms with Crippen molar-refractivity contribution in [3.8, 4) is 0 Å². The molecule has 2 atom stereocenters. The van der Waals surface area contributed by atoms with Gasteiger partial charge in [0.2, 0.25) is 10.0 Å². The van der Waals surface area contributed by atoms with Crippen LogP contribution in [-0.4, -0.2) is 61.5 Å². The number of nitrogens with zero attached hydrogens (tertiary/aromatic N) is 2. The van der Waals surface area contributed by atoms with Crippen molar-refractivity contribution >= 4 is 38.4 Å². The summed E-state index contributed by atoms with van der Waals surface area (Å²) in [6, 6.07) is 5.76. The Bertz CT molecular complexity index is 1030. The summed E-state index contributed by atoms with van der Waals surface area (Å²) in [6.45, 7) is 6.26. The van der Waals surface area contributed by atoms with E-state index in [0.717, 1.165) is 0 Å². The molecule has 2 heterocycles. The van der Waals surface area contributed by atoms with Gasteiger partial charge in [-0.25, -0.2) is 13.4 Å². The minimum absolute atomic E-state index is 0.0333. The second-order valence-electron chi connectivity index (χ2n) is 7.18. The zero-order valence-corrected chi connectivity index (χ0v) is 19.2. The molecule has 3 rings (SSSR count). The summed E-state index contributed by atoms with van der Waals surface area (Å²) in [7, 11) is -3.67. The molecule has 0 unspecified atom stereocenters. The fourth-order valence-electron chi connectivity index (χ4n) is 3.23. The van der Waals surface area contributed by atoms with Crippen LogP contribution in [0.15, 0.2) is 34.5 Å². The van der Waals surface area contributed by atoms with Crippen LogP contribution >= 0.6 is 11.3 Å². The largest absolute Gasteiger partial charge is 0.466 e. The lowest BCUT2D eigenvalue weighted by atomic mass is 10.2. The van der Waals surface area contributed by atoms with E-state index in [0.29, 0.717) is 23.0 Å². The third-order valence-corrected chi connectivity index (χ3v) is 7.20. The van der Waals surface area contributed by atoms with Crippen LogP contribution in [0.25, 0.3) is 0 Å². The topological polar surface area (TPSA) is 115 Å². The summed E-state index contributed by atoms with van der Waals surface area (Å²) in [6.07, 6.45) is -0.336. The molecule has 1 aromatic heterocycles. The highest BCUT2D eigenvalue weighted by Crippen LogP contribution is 2.22. The second-order valence-corrected chi connectivity index (χ2v) is 9.98. The van der Waals surface area contributed by atoms with Crippen molar-refractivity contribution < 1.29 is 27.5 Å². The van der Waals surface area contributed by atoms with Gasteiger partial charge < -0.3 is 9.47 Å². The van der Waals surface area contributed by atoms with E-state index in [1.54, 1.807) is 12.3 Å². The van der Waals surface area contributed by atoms with Gasteiger partial charge in [0.05, 0.1) is 35.8 Å². The minimum atomic E-state index is -3.67. The molecular weight excluding hydrogens is 442 g/mol. The fraction of sp³-hybridized carbons (Fsp3) is 0.450. The number of thiazole rings is 1. The summed E-state index contributed by atoms with van der Waals surface area (Å²) in [5, 5.41) is 4.67. The number of hydrogen-bond acceptors (Lipinski definition) is 8. The van der Waals surface area contributed by atoms with Gasteiger partial charge in [0.25, 0.3) is 5.91 Å². The van der Waals surface area contributed by atoms with E-state index < -0.39 is 15.9 Å². The Balaban J connectivity index is 1.65. The smallest absolute Gasteiger partial charge is 0.311 e. The van der Waals surface area contributed by atoms with Crippen LogP contribution in [-0.2, 0) is 30.7 Å². The number of ether oxygens (including phenoxy) is 2. The van der Waals surface area contributed by atoms with Crippen LogP contribution in [0.1, 0.15) is 36.8 Å². The molecular formula is C20H25N3O6S2. The molecule has 2 aromatic rings. The summed E-state index contributed by atoms with van der Waals surface area (Å²) in [5.74, 6) is -0.805. The van der Waals surface area contributed by atoms with Gasteiger partial charge in [-0.15, -0.1) is 11.3 Å². The first-order valence-electron chi connectivity index (χ1n) is 9.86. The molecule has 9 nitrogen and oxygen atoms in total. The van der Waals surface area contributed by atoms with E-state index in [-0.39, 0.29) is 42.6 Å². The summed E-state index contributed by atoms with van der Waals surface area (Å²) < 4.78 is 37.7. The van der Waals surface area contributed by atoms with Gasteiger partial charge >= 0.3 is 5.97 Å². The summed E-state index contributed by atoms with van der Waals surface area (Å²) in [5.41, 5.74) is 0.805. The van der Waals surface area contributed by atoms with Crippen LogP contribution in [0.5, 0.6) is 0 Å². The van der Waals surface area contributed by atoms with Gasteiger partial charge in [-0.2, -0.15) is 4.31 Å². The maximum Gasteiger partial charge on any atom is 0.311 e. The molecule has 11 heteroatoms. The molecule has 31 heavy (non-hydrogen) atoms. The maximum atomic E-state index is 12.9. The number of benzene rings is 1. The van der Waals surface area contributed by atoms with E-state index in [9.17, 15) is 18.0 Å². The molecule has 1 N–H and O–H groups in total. The van der Waals surface area contributed by atoms with Gasteiger partial charge in [0.1, 0.15) is 0 Å². The van der Waals surface area contributed by atoms with Crippen molar-refractivity contribution in [3.05, 3.63) is 40.9 Å². The number of esters is 1. The van der Waals surface area contributed by atoms with Crippen molar-refractivity contribution in [2.24, 2.45) is 0 Å². The second kappa shape index (κ2) is 9.86. The van der Waals surface area contributed by atoms with Gasteiger partial charge in [-0.05, 0) is 45.0 Å². The number of carbonyl (C=O) groups is 2. The van der Waals surface area contributed by atoms with E-state index in [1.807, 2.05) is 13.8 Å². The van der Waals surface area contributed by atoms with Crippen molar-refractivity contribution in [1.82, 2.24) is 9.29 Å². The molecule has 0 saturated carbocycles. The number of nitrogens with one attached hydrogen (secondary N) is 1. The molecule has 1 saturated heterocycles. The SMILES string of the molecule is CCOC(=O)Cc1csc(NC(=O)c2ccc(S(=O)(=O)N3C[C@H](C)O[C@@H](C)C3)cc2)n1. The zero-order valence-electron chi connectivity index (χ0n) is 17.5. The van der Waals surface area contributed by atoms with Crippen LogP contribution in [0.4, 0.5) is 5.13 Å². The van der Waals surface area contributed by atoms with Crippen LogP contribution in [0, 0.1) is 0 Å². The highest BCUT2D eigenvalue weighted by atomic mass is 32.2. The quantitative estimate of drug-likeness (QED) is 0.621. The number of sulfonamides is 1. The number of hydrogen-bond donors (Lipinski definition) is 1. The maximum absolute atomic E-state index is 12.9. The first-order valence-corrected chi connectivity index (χ1v) is 12.2. The number of aromatic nitrogens is 1. The van der Waals surface area contributed by atoms with E-state index in [1.165, 1.54) is 39.9 Å². The lowest BCUT2D eigenvalue weighted by molar-refractivity contribution is -0.142. The average Bonchev–Trinajstić information content (AvgIpc) is 3.14. The molecule has 1 aromatic carbocycles. The average molecular weight is 468 g/mol. The Morgan fingerprint density at radius 1 is 1.23 bits per heavy atom. The van der Waals surface area contributed by atoms with Crippen molar-refractivity contribution in [1.29, 1.82) is 0 Å². The van der Waals surface area contributed by atoms with Crippen molar-refractivity contribution in [2.75, 3.05) is 25.0 Å². The van der Waals surface area contributed by atoms with Gasteiger partial charge in [0.15, 0.2) is 5.13 Å². The van der Waals surface area contributed by atoms with Crippen LogP contribution in [0.3, 0.4) is 0 Å². The first-order chi connectivity index (χ1) is 14.7. The van der Waals surface area contributed by atoms with E-state index in [4.69, 9.17) is 9.47 Å². The number of rotatable bonds is 7. The van der Waals surface area contributed by atoms with Crippen molar-refractivity contribution in [2.45, 2.75) is 44.3 Å². The Labute approximate surface area is 185 Å². The lowest BCUT2D eigenvalue weighted by Gasteiger charge is -2.34. The minimum Gasteiger partial charge on any atom is -0.466 e. The molecule has 0 aliphatic carbocycles.